The van der Waals surface area contributed by atoms with Crippen LogP contribution in [0.2, 0.25) is 0 Å². The molecule has 0 saturated heterocycles. The standard InChI is InChI=1S/C23H22F7IN2O4S/c1-12-11-13(21(24,22(25,26)27)23(28,29)30)7-8-16(12)32-18(34)14-5-4-6-15(31)17(14)19(35)33-20(2,3)9-10-38(36)37/h4-8,11,38H,9-10H2,1-3H3,(H,32,34)(H,33,35). The predicted octanol–water partition coefficient (Wildman–Crippen LogP) is 5.65. The molecule has 6 nitrogen and oxygen atoms in total. The Morgan fingerprint density at radius 1 is 0.921 bits per heavy atom. The molecule has 0 bridgehead atoms. The second-order valence-electron chi connectivity index (χ2n) is 8.94. The number of rotatable bonds is 8. The number of halogens is 8. The van der Waals surface area contributed by atoms with E-state index in [1.54, 1.807) is 36.4 Å². The molecule has 0 radical (unpaired) electrons. The summed E-state index contributed by atoms with van der Waals surface area (Å²) < 4.78 is 115. The van der Waals surface area contributed by atoms with Crippen molar-refractivity contribution in [3.05, 3.63) is 62.2 Å². The summed E-state index contributed by atoms with van der Waals surface area (Å²) in [6.45, 7) is 4.24. The largest absolute Gasteiger partial charge is 0.435 e. The van der Waals surface area contributed by atoms with Crippen LogP contribution in [0.25, 0.3) is 0 Å². The predicted molar refractivity (Wildman–Crippen MR) is 135 cm³/mol. The molecule has 0 aliphatic rings. The van der Waals surface area contributed by atoms with Gasteiger partial charge in [0.1, 0.15) is 10.7 Å². The quantitative estimate of drug-likeness (QED) is 0.191. The lowest BCUT2D eigenvalue weighted by atomic mass is 9.92. The van der Waals surface area contributed by atoms with E-state index in [2.05, 4.69) is 10.6 Å². The van der Waals surface area contributed by atoms with Crippen LogP contribution >= 0.6 is 22.6 Å². The lowest BCUT2D eigenvalue weighted by molar-refractivity contribution is -0.348. The third kappa shape index (κ3) is 6.95. The lowest BCUT2D eigenvalue weighted by Gasteiger charge is -2.30. The number of aryl methyl sites for hydroxylation is 1. The molecule has 0 saturated carbocycles. The molecule has 0 aromatic heterocycles. The van der Waals surface area contributed by atoms with Crippen LogP contribution in [0.4, 0.5) is 36.4 Å². The molecule has 0 fully saturated rings. The van der Waals surface area contributed by atoms with E-state index in [-0.39, 0.29) is 40.6 Å². The van der Waals surface area contributed by atoms with Crippen molar-refractivity contribution in [2.75, 3.05) is 11.1 Å². The maximum Gasteiger partial charge on any atom is 0.435 e. The molecule has 0 aliphatic carbocycles. The van der Waals surface area contributed by atoms with Crippen LogP contribution < -0.4 is 10.6 Å². The summed E-state index contributed by atoms with van der Waals surface area (Å²) in [4.78, 5) is 26.0. The Labute approximate surface area is 228 Å². The van der Waals surface area contributed by atoms with Crippen molar-refractivity contribution in [1.29, 1.82) is 0 Å². The van der Waals surface area contributed by atoms with Gasteiger partial charge in [0, 0.05) is 26.1 Å². The fourth-order valence-electron chi connectivity index (χ4n) is 3.44. The maximum absolute atomic E-state index is 14.4. The Morgan fingerprint density at radius 3 is 2.00 bits per heavy atom. The fourth-order valence-corrected chi connectivity index (χ4v) is 4.93. The highest BCUT2D eigenvalue weighted by Gasteiger charge is 2.73. The minimum absolute atomic E-state index is 0.0832. The monoisotopic (exact) mass is 682 g/mol. The van der Waals surface area contributed by atoms with E-state index in [0.29, 0.717) is 15.7 Å². The highest BCUT2D eigenvalue weighted by molar-refractivity contribution is 14.1. The number of carbonyl (C=O) groups is 2. The number of thiol groups is 1. The first kappa shape index (κ1) is 31.8. The van der Waals surface area contributed by atoms with Gasteiger partial charge in [-0.1, -0.05) is 18.2 Å². The summed E-state index contributed by atoms with van der Waals surface area (Å²) in [5, 5.41) is 4.97. The molecule has 38 heavy (non-hydrogen) atoms. The minimum Gasteiger partial charge on any atom is -0.347 e. The van der Waals surface area contributed by atoms with Crippen molar-refractivity contribution in [3.8, 4) is 0 Å². The molecule has 2 aromatic carbocycles. The second-order valence-corrected chi connectivity index (χ2v) is 11.2. The SMILES string of the molecule is Cc1cc(C(F)(C(F)(F)F)C(F)(F)F)ccc1NC(=O)c1cccc(I)c1C(=O)NC(C)(C)CC[SH](=O)=O. The van der Waals surface area contributed by atoms with E-state index < -0.39 is 51.6 Å². The number of alkyl halides is 7. The van der Waals surface area contributed by atoms with Gasteiger partial charge in [0.25, 0.3) is 11.8 Å². The number of hydrogen-bond donors (Lipinski definition) is 3. The van der Waals surface area contributed by atoms with Gasteiger partial charge in [-0.3, -0.25) is 9.59 Å². The number of benzene rings is 2. The molecule has 0 atom stereocenters. The van der Waals surface area contributed by atoms with Crippen LogP contribution in [-0.4, -0.2) is 43.9 Å². The summed E-state index contributed by atoms with van der Waals surface area (Å²) in [5.74, 6) is -1.82. The average molecular weight is 682 g/mol. The van der Waals surface area contributed by atoms with Crippen LogP contribution in [-0.2, 0) is 16.4 Å². The fraction of sp³-hybridized carbons (Fsp3) is 0.391. The Hall–Kier alpha value is -2.43. The topological polar surface area (TPSA) is 92.3 Å². The number of nitrogens with one attached hydrogen (secondary N) is 2. The lowest BCUT2D eigenvalue weighted by Crippen LogP contribution is -2.50. The zero-order valence-electron chi connectivity index (χ0n) is 20.0. The second kappa shape index (κ2) is 11.4. The summed E-state index contributed by atoms with van der Waals surface area (Å²) in [5.41, 5.74) is -9.07. The van der Waals surface area contributed by atoms with Crippen molar-refractivity contribution in [2.24, 2.45) is 0 Å². The molecule has 0 heterocycles. The number of carbonyl (C=O) groups excluding carboxylic acids is 2. The first-order valence-electron chi connectivity index (χ1n) is 10.7. The number of hydrogen-bond acceptors (Lipinski definition) is 4. The van der Waals surface area contributed by atoms with Gasteiger partial charge >= 0.3 is 18.0 Å². The van der Waals surface area contributed by atoms with Crippen LogP contribution in [0.1, 0.15) is 52.1 Å². The summed E-state index contributed by atoms with van der Waals surface area (Å²) in [6, 6.07) is 5.55. The smallest absolute Gasteiger partial charge is 0.347 e. The van der Waals surface area contributed by atoms with E-state index in [9.17, 15) is 48.7 Å². The van der Waals surface area contributed by atoms with Gasteiger partial charge in [0.05, 0.1) is 11.1 Å². The van der Waals surface area contributed by atoms with Crippen molar-refractivity contribution < 1.29 is 48.7 Å². The van der Waals surface area contributed by atoms with Crippen LogP contribution in [0.5, 0.6) is 0 Å². The van der Waals surface area contributed by atoms with E-state index in [1.165, 1.54) is 18.2 Å². The van der Waals surface area contributed by atoms with Crippen molar-refractivity contribution >= 4 is 50.8 Å². The Kier molecular flexibility index (Phi) is 9.50. The van der Waals surface area contributed by atoms with E-state index in [1.807, 2.05) is 0 Å². The third-order valence-corrected chi connectivity index (χ3v) is 7.00. The summed E-state index contributed by atoms with van der Waals surface area (Å²) in [6.07, 6.45) is -12.5. The van der Waals surface area contributed by atoms with Gasteiger partial charge in [-0.25, -0.2) is 12.8 Å². The Balaban J connectivity index is 2.40. The Bertz CT molecular complexity index is 1290. The van der Waals surface area contributed by atoms with Gasteiger partial charge in [0.15, 0.2) is 0 Å². The first-order chi connectivity index (χ1) is 17.2. The molecule has 2 amide bonds. The first-order valence-corrected chi connectivity index (χ1v) is 13.1. The van der Waals surface area contributed by atoms with Crippen molar-refractivity contribution in [3.63, 3.8) is 0 Å². The normalized spacial score (nSPS) is 12.9. The van der Waals surface area contributed by atoms with Crippen LogP contribution in [0, 0.1) is 10.5 Å². The van der Waals surface area contributed by atoms with Gasteiger partial charge < -0.3 is 10.6 Å². The van der Waals surface area contributed by atoms with Crippen LogP contribution in [0.15, 0.2) is 36.4 Å². The molecule has 2 aromatic rings. The molecule has 0 spiro atoms. The Morgan fingerprint density at radius 2 is 1.50 bits per heavy atom. The molecular formula is C23H22F7IN2O4S. The summed E-state index contributed by atoms with van der Waals surface area (Å²) >= 11 is 1.79. The van der Waals surface area contributed by atoms with Gasteiger partial charge in [-0.2, -0.15) is 26.3 Å². The molecule has 0 aliphatic heterocycles. The molecular weight excluding hydrogens is 660 g/mol. The van der Waals surface area contributed by atoms with E-state index in [4.69, 9.17) is 0 Å². The molecule has 2 rings (SSSR count). The van der Waals surface area contributed by atoms with E-state index in [0.717, 1.165) is 6.92 Å². The molecule has 210 valence electrons. The van der Waals surface area contributed by atoms with E-state index >= 15 is 0 Å². The number of amides is 2. The van der Waals surface area contributed by atoms with Crippen LogP contribution in [0.3, 0.4) is 0 Å². The molecule has 15 heteroatoms. The third-order valence-electron chi connectivity index (χ3n) is 5.51. The van der Waals surface area contributed by atoms with Gasteiger partial charge in [-0.05, 0) is 73.5 Å². The minimum atomic E-state index is -6.29. The highest BCUT2D eigenvalue weighted by Crippen LogP contribution is 2.53. The molecule has 0 unspecified atom stereocenters. The average Bonchev–Trinajstić information content (AvgIpc) is 2.76. The van der Waals surface area contributed by atoms with Crippen molar-refractivity contribution in [1.82, 2.24) is 5.32 Å². The van der Waals surface area contributed by atoms with Gasteiger partial charge in [-0.15, -0.1) is 0 Å². The molecule has 2 N–H and O–H groups in total. The number of anilines is 1. The zero-order chi connectivity index (χ0) is 29.3. The van der Waals surface area contributed by atoms with Gasteiger partial charge in [0.2, 0.25) is 0 Å². The maximum atomic E-state index is 14.4. The summed E-state index contributed by atoms with van der Waals surface area (Å²) in [7, 11) is -2.69. The highest BCUT2D eigenvalue weighted by atomic mass is 127. The van der Waals surface area contributed by atoms with Crippen molar-refractivity contribution in [2.45, 2.75) is 50.8 Å². The zero-order valence-corrected chi connectivity index (χ0v) is 23.0.